The minimum Gasteiger partial charge on any atom is -0.372 e. The number of carbonyl (C=O) groups excluding carboxylic acids is 1. The van der Waals surface area contributed by atoms with Crippen molar-refractivity contribution < 1.29 is 9.53 Å². The molecule has 0 bridgehead atoms. The fourth-order valence-corrected chi connectivity index (χ4v) is 1.86. The highest BCUT2D eigenvalue weighted by atomic mass is 16.5. The summed E-state index contributed by atoms with van der Waals surface area (Å²) in [5.41, 5.74) is 0. The zero-order valence-corrected chi connectivity index (χ0v) is 12.1. The molecule has 2 heteroatoms. The van der Waals surface area contributed by atoms with Crippen molar-refractivity contribution in [2.45, 2.75) is 84.5 Å². The van der Waals surface area contributed by atoms with E-state index >= 15 is 0 Å². The molecule has 0 fully saturated rings. The Balaban J connectivity index is 3.06. The fraction of sp³-hybridized carbons (Fsp3) is 0.812. The summed E-state index contributed by atoms with van der Waals surface area (Å²) in [5, 5.41) is 0. The van der Waals surface area contributed by atoms with Crippen molar-refractivity contribution in [2.75, 3.05) is 0 Å². The maximum atomic E-state index is 10.4. The molecule has 104 valence electrons. The fourth-order valence-electron chi connectivity index (χ4n) is 1.86. The second kappa shape index (κ2) is 14.1. The van der Waals surface area contributed by atoms with Gasteiger partial charge < -0.3 is 4.74 Å². The topological polar surface area (TPSA) is 26.3 Å². The molecule has 0 aromatic carbocycles. The standard InChI is InChI=1S/C16H28O2/c1-3-4-5-6-7-8-9-10-11-12-13-14-15-18-16(2)17/h3-13H2,1-2H3. The van der Waals surface area contributed by atoms with Gasteiger partial charge in [-0.05, 0) is 6.42 Å². The lowest BCUT2D eigenvalue weighted by atomic mass is 10.1. The molecule has 0 amide bonds. The molecule has 0 N–H and O–H groups in total. The predicted octanol–water partition coefficient (Wildman–Crippen LogP) is 4.82. The van der Waals surface area contributed by atoms with E-state index in [-0.39, 0.29) is 5.97 Å². The van der Waals surface area contributed by atoms with Gasteiger partial charge in [0, 0.05) is 13.3 Å². The van der Waals surface area contributed by atoms with Gasteiger partial charge in [0.15, 0.2) is 0 Å². The molecule has 0 aliphatic rings. The van der Waals surface area contributed by atoms with Crippen LogP contribution in [0.5, 0.6) is 0 Å². The van der Waals surface area contributed by atoms with Crippen LogP contribution in [0.25, 0.3) is 0 Å². The molecule has 0 atom stereocenters. The van der Waals surface area contributed by atoms with Gasteiger partial charge in [0.1, 0.15) is 6.11 Å². The minimum atomic E-state index is -0.328. The van der Waals surface area contributed by atoms with Crippen molar-refractivity contribution in [3.8, 4) is 12.0 Å². The average molecular weight is 252 g/mol. The zero-order valence-electron chi connectivity index (χ0n) is 12.1. The summed E-state index contributed by atoms with van der Waals surface area (Å²) >= 11 is 0. The van der Waals surface area contributed by atoms with Gasteiger partial charge in [-0.1, -0.05) is 70.6 Å². The highest BCUT2D eigenvalue weighted by molar-refractivity contribution is 5.67. The Morgan fingerprint density at radius 1 is 0.889 bits per heavy atom. The van der Waals surface area contributed by atoms with E-state index in [0.717, 1.165) is 12.8 Å². The number of hydrogen-bond acceptors (Lipinski definition) is 2. The summed E-state index contributed by atoms with van der Waals surface area (Å²) in [5.74, 6) is 2.52. The summed E-state index contributed by atoms with van der Waals surface area (Å²) < 4.78 is 4.53. The van der Waals surface area contributed by atoms with Gasteiger partial charge >= 0.3 is 5.97 Å². The highest BCUT2D eigenvalue weighted by Gasteiger charge is 1.92. The molecule has 0 heterocycles. The zero-order chi connectivity index (χ0) is 13.5. The number of hydrogen-bond donors (Lipinski definition) is 0. The average Bonchev–Trinajstić information content (AvgIpc) is 2.34. The summed E-state index contributed by atoms with van der Waals surface area (Å²) in [7, 11) is 0. The third-order valence-corrected chi connectivity index (χ3v) is 2.92. The van der Waals surface area contributed by atoms with Gasteiger partial charge in [-0.25, -0.2) is 0 Å². The maximum absolute atomic E-state index is 10.4. The van der Waals surface area contributed by atoms with Crippen molar-refractivity contribution in [3.63, 3.8) is 0 Å². The maximum Gasteiger partial charge on any atom is 0.316 e. The van der Waals surface area contributed by atoms with Gasteiger partial charge in [0.2, 0.25) is 0 Å². The molecule has 0 aromatic rings. The summed E-state index contributed by atoms with van der Waals surface area (Å²) in [6.45, 7) is 3.62. The molecule has 0 saturated carbocycles. The predicted molar refractivity (Wildman–Crippen MR) is 76.0 cm³/mol. The number of carbonyl (C=O) groups is 1. The van der Waals surface area contributed by atoms with E-state index in [0.29, 0.717) is 0 Å². The smallest absolute Gasteiger partial charge is 0.316 e. The number of ether oxygens (including phenoxy) is 1. The molecule has 0 radical (unpaired) electrons. The first-order valence-electron chi connectivity index (χ1n) is 7.42. The summed E-state index contributed by atoms with van der Waals surface area (Å²) in [4.78, 5) is 10.4. The van der Waals surface area contributed by atoms with Gasteiger partial charge in [-0.15, -0.1) is 0 Å². The molecule has 2 nitrogen and oxygen atoms in total. The molecule has 0 aliphatic carbocycles. The van der Waals surface area contributed by atoms with Crippen molar-refractivity contribution in [3.05, 3.63) is 0 Å². The number of esters is 1. The normalized spacial score (nSPS) is 9.67. The van der Waals surface area contributed by atoms with Crippen LogP contribution in [0.2, 0.25) is 0 Å². The van der Waals surface area contributed by atoms with Crippen molar-refractivity contribution >= 4 is 5.97 Å². The van der Waals surface area contributed by atoms with Crippen LogP contribution in [0, 0.1) is 12.0 Å². The van der Waals surface area contributed by atoms with Crippen LogP contribution in [0.1, 0.15) is 84.5 Å². The van der Waals surface area contributed by atoms with Crippen molar-refractivity contribution in [1.82, 2.24) is 0 Å². The number of rotatable bonds is 10. The minimum absolute atomic E-state index is 0.328. The van der Waals surface area contributed by atoms with Crippen molar-refractivity contribution in [2.24, 2.45) is 0 Å². The van der Waals surface area contributed by atoms with E-state index in [1.807, 2.05) is 0 Å². The van der Waals surface area contributed by atoms with E-state index in [4.69, 9.17) is 0 Å². The molecule has 0 aliphatic heterocycles. The van der Waals surface area contributed by atoms with Crippen LogP contribution >= 0.6 is 0 Å². The van der Waals surface area contributed by atoms with Gasteiger partial charge in [-0.3, -0.25) is 4.79 Å². The van der Waals surface area contributed by atoms with E-state index in [1.165, 1.54) is 64.7 Å². The molecule has 18 heavy (non-hydrogen) atoms. The Morgan fingerprint density at radius 3 is 1.89 bits per heavy atom. The molecule has 0 saturated heterocycles. The number of unbranched alkanes of at least 4 members (excludes halogenated alkanes) is 10. The Kier molecular flexibility index (Phi) is 13.3. The van der Waals surface area contributed by atoms with Crippen molar-refractivity contribution in [1.29, 1.82) is 0 Å². The lowest BCUT2D eigenvalue weighted by molar-refractivity contribution is -0.134. The second-order valence-electron chi connectivity index (χ2n) is 4.80. The first-order chi connectivity index (χ1) is 8.77. The lowest BCUT2D eigenvalue weighted by Gasteiger charge is -2.00. The molecule has 0 unspecified atom stereocenters. The molecule has 0 spiro atoms. The SMILES string of the molecule is CCCCCCCCCCCCC#COC(C)=O. The van der Waals surface area contributed by atoms with Crippen LogP contribution in [-0.4, -0.2) is 5.97 Å². The lowest BCUT2D eigenvalue weighted by Crippen LogP contribution is -1.89. The molecular weight excluding hydrogens is 224 g/mol. The highest BCUT2D eigenvalue weighted by Crippen LogP contribution is 2.10. The van der Waals surface area contributed by atoms with Crippen LogP contribution in [-0.2, 0) is 9.53 Å². The van der Waals surface area contributed by atoms with Gasteiger partial charge in [0.25, 0.3) is 0 Å². The summed E-state index contributed by atoms with van der Waals surface area (Å²) in [6.07, 6.45) is 16.6. The third kappa shape index (κ3) is 15.0. The first kappa shape index (κ1) is 17.0. The summed E-state index contributed by atoms with van der Waals surface area (Å²) in [6, 6.07) is 0. The largest absolute Gasteiger partial charge is 0.372 e. The quantitative estimate of drug-likeness (QED) is 0.316. The van der Waals surface area contributed by atoms with E-state index < -0.39 is 0 Å². The Hall–Kier alpha value is -0.970. The Morgan fingerprint density at radius 2 is 1.39 bits per heavy atom. The Labute approximate surface area is 112 Å². The molecule has 0 rings (SSSR count). The van der Waals surface area contributed by atoms with E-state index in [2.05, 4.69) is 23.7 Å². The molecule has 0 aromatic heterocycles. The monoisotopic (exact) mass is 252 g/mol. The van der Waals surface area contributed by atoms with Crippen LogP contribution < -0.4 is 0 Å². The Bertz CT molecular complexity index is 248. The van der Waals surface area contributed by atoms with Gasteiger partial charge in [0.05, 0.1) is 0 Å². The second-order valence-corrected chi connectivity index (χ2v) is 4.80. The molecular formula is C16H28O2. The van der Waals surface area contributed by atoms with Crippen LogP contribution in [0.15, 0.2) is 0 Å². The van der Waals surface area contributed by atoms with Crippen LogP contribution in [0.3, 0.4) is 0 Å². The van der Waals surface area contributed by atoms with Gasteiger partial charge in [-0.2, -0.15) is 0 Å². The first-order valence-corrected chi connectivity index (χ1v) is 7.42. The third-order valence-electron chi connectivity index (χ3n) is 2.92. The van der Waals surface area contributed by atoms with Crippen LogP contribution in [0.4, 0.5) is 0 Å². The van der Waals surface area contributed by atoms with E-state index in [9.17, 15) is 4.79 Å². The van der Waals surface area contributed by atoms with E-state index in [1.54, 1.807) is 0 Å².